The minimum absolute atomic E-state index is 0.396. The number of hydrogen-bond donors (Lipinski definition) is 0. The minimum atomic E-state index is -0.396. The van der Waals surface area contributed by atoms with Crippen LogP contribution in [0.2, 0.25) is 0 Å². The molecule has 0 aliphatic carbocycles. The van der Waals surface area contributed by atoms with Gasteiger partial charge in [-0.15, -0.1) is 11.8 Å². The molecule has 3 heteroatoms. The van der Waals surface area contributed by atoms with Gasteiger partial charge >= 0.3 is 5.97 Å². The lowest BCUT2D eigenvalue weighted by atomic mass is 10.2. The summed E-state index contributed by atoms with van der Waals surface area (Å²) in [6.45, 7) is 3.75. The molecule has 0 saturated carbocycles. The van der Waals surface area contributed by atoms with Gasteiger partial charge in [0.1, 0.15) is 5.75 Å². The molecule has 0 radical (unpaired) electrons. The number of esters is 1. The predicted octanol–water partition coefficient (Wildman–Crippen LogP) is 4.04. The van der Waals surface area contributed by atoms with Gasteiger partial charge in [0, 0.05) is 5.75 Å². The average molecular weight is 270 g/mol. The molecule has 0 atom stereocenters. The predicted molar refractivity (Wildman–Crippen MR) is 79.0 cm³/mol. The van der Waals surface area contributed by atoms with Crippen LogP contribution < -0.4 is 4.74 Å². The van der Waals surface area contributed by atoms with Crippen molar-refractivity contribution in [2.75, 3.05) is 0 Å². The molecule has 0 spiro atoms. The van der Waals surface area contributed by atoms with Crippen molar-refractivity contribution in [2.45, 2.75) is 5.75 Å². The fourth-order valence-electron chi connectivity index (χ4n) is 1.46. The van der Waals surface area contributed by atoms with Crippen molar-refractivity contribution in [1.82, 2.24) is 0 Å². The topological polar surface area (TPSA) is 26.3 Å². The molecule has 0 fully saturated rings. The summed E-state index contributed by atoms with van der Waals surface area (Å²) in [5.74, 6) is 0.852. The van der Waals surface area contributed by atoms with Gasteiger partial charge < -0.3 is 4.74 Å². The lowest BCUT2D eigenvalue weighted by molar-refractivity contribution is -0.129. The molecule has 0 heterocycles. The Kier molecular flexibility index (Phi) is 4.81. The monoisotopic (exact) mass is 270 g/mol. The summed E-state index contributed by atoms with van der Waals surface area (Å²) >= 11 is 1.39. The van der Waals surface area contributed by atoms with E-state index in [1.165, 1.54) is 11.8 Å². The van der Waals surface area contributed by atoms with Gasteiger partial charge in [0.15, 0.2) is 0 Å². The molecule has 0 N–H and O–H groups in total. The Morgan fingerprint density at radius 3 is 2.21 bits per heavy atom. The largest absolute Gasteiger partial charge is 0.423 e. The summed E-state index contributed by atoms with van der Waals surface area (Å²) in [7, 11) is 0. The third-order valence-corrected chi connectivity index (χ3v) is 3.43. The van der Waals surface area contributed by atoms with Crippen molar-refractivity contribution >= 4 is 17.7 Å². The maximum atomic E-state index is 11.8. The zero-order chi connectivity index (χ0) is 13.5. The van der Waals surface area contributed by atoms with Gasteiger partial charge in [0.2, 0.25) is 0 Å². The molecular weight excluding hydrogens is 256 g/mol. The number of ether oxygens (including phenoxy) is 1. The van der Waals surface area contributed by atoms with Crippen molar-refractivity contribution in [3.05, 3.63) is 77.7 Å². The first-order chi connectivity index (χ1) is 9.25. The van der Waals surface area contributed by atoms with Gasteiger partial charge in [-0.1, -0.05) is 55.1 Å². The third-order valence-electron chi connectivity index (χ3n) is 2.44. The zero-order valence-corrected chi connectivity index (χ0v) is 11.2. The van der Waals surface area contributed by atoms with Crippen molar-refractivity contribution in [2.24, 2.45) is 0 Å². The summed E-state index contributed by atoms with van der Waals surface area (Å²) in [5.41, 5.74) is 1.15. The van der Waals surface area contributed by atoms with Crippen molar-refractivity contribution in [3.63, 3.8) is 0 Å². The molecule has 0 saturated heterocycles. The summed E-state index contributed by atoms with van der Waals surface area (Å²) in [6.07, 6.45) is 0. The van der Waals surface area contributed by atoms with E-state index >= 15 is 0 Å². The van der Waals surface area contributed by atoms with Gasteiger partial charge in [0.25, 0.3) is 0 Å². The number of thioether (sulfide) groups is 1. The van der Waals surface area contributed by atoms with Crippen LogP contribution in [-0.4, -0.2) is 5.97 Å². The Morgan fingerprint density at radius 2 is 1.58 bits per heavy atom. The van der Waals surface area contributed by atoms with Crippen LogP contribution in [0.1, 0.15) is 5.56 Å². The maximum Gasteiger partial charge on any atom is 0.349 e. The molecule has 0 bridgehead atoms. The fourth-order valence-corrected chi connectivity index (χ4v) is 2.15. The smallest absolute Gasteiger partial charge is 0.349 e. The van der Waals surface area contributed by atoms with E-state index in [-0.39, 0.29) is 0 Å². The van der Waals surface area contributed by atoms with Crippen LogP contribution in [0.4, 0.5) is 0 Å². The molecule has 2 nitrogen and oxygen atoms in total. The second-order valence-electron chi connectivity index (χ2n) is 3.90. The fraction of sp³-hybridized carbons (Fsp3) is 0.0625. The van der Waals surface area contributed by atoms with E-state index in [0.717, 1.165) is 5.56 Å². The lowest BCUT2D eigenvalue weighted by Gasteiger charge is -2.06. The Hall–Kier alpha value is -2.00. The van der Waals surface area contributed by atoms with Crippen LogP contribution in [0, 0.1) is 0 Å². The summed E-state index contributed by atoms with van der Waals surface area (Å²) < 4.78 is 5.21. The summed E-state index contributed by atoms with van der Waals surface area (Å²) in [4.78, 5) is 12.2. The first-order valence-corrected chi connectivity index (χ1v) is 6.87. The molecular formula is C16H14O2S. The van der Waals surface area contributed by atoms with E-state index in [9.17, 15) is 4.79 Å². The van der Waals surface area contributed by atoms with E-state index in [1.54, 1.807) is 12.1 Å². The highest BCUT2D eigenvalue weighted by atomic mass is 32.2. The minimum Gasteiger partial charge on any atom is -0.423 e. The number of benzene rings is 2. The molecule has 2 aromatic rings. The van der Waals surface area contributed by atoms with Crippen molar-refractivity contribution in [1.29, 1.82) is 0 Å². The number of carbonyl (C=O) groups is 1. The molecule has 2 rings (SSSR count). The first kappa shape index (κ1) is 13.4. The van der Waals surface area contributed by atoms with Crippen molar-refractivity contribution in [3.8, 4) is 5.75 Å². The van der Waals surface area contributed by atoms with Gasteiger partial charge in [-0.2, -0.15) is 0 Å². The van der Waals surface area contributed by atoms with E-state index in [1.807, 2.05) is 48.5 Å². The van der Waals surface area contributed by atoms with Gasteiger partial charge in [-0.25, -0.2) is 4.79 Å². The number of carbonyl (C=O) groups excluding carboxylic acids is 1. The highest BCUT2D eigenvalue weighted by Gasteiger charge is 2.10. The Labute approximate surface area is 117 Å². The second-order valence-corrected chi connectivity index (χ2v) is 4.97. The quantitative estimate of drug-likeness (QED) is 0.466. The molecule has 0 amide bonds. The van der Waals surface area contributed by atoms with Gasteiger partial charge in [-0.05, 0) is 17.7 Å². The zero-order valence-electron chi connectivity index (χ0n) is 10.4. The summed E-state index contributed by atoms with van der Waals surface area (Å²) in [5, 5.41) is 0. The molecule has 0 aliphatic rings. The second kappa shape index (κ2) is 6.81. The lowest BCUT2D eigenvalue weighted by Crippen LogP contribution is -2.08. The van der Waals surface area contributed by atoms with Crippen LogP contribution in [0.3, 0.4) is 0 Å². The number of hydrogen-bond acceptors (Lipinski definition) is 3. The Balaban J connectivity index is 1.85. The van der Waals surface area contributed by atoms with Gasteiger partial charge in [0.05, 0.1) is 4.91 Å². The first-order valence-electron chi connectivity index (χ1n) is 5.88. The van der Waals surface area contributed by atoms with Crippen LogP contribution in [0.25, 0.3) is 0 Å². The molecule has 96 valence electrons. The maximum absolute atomic E-state index is 11.8. The molecule has 19 heavy (non-hydrogen) atoms. The summed E-state index contributed by atoms with van der Waals surface area (Å²) in [6, 6.07) is 18.9. The normalized spacial score (nSPS) is 9.89. The average Bonchev–Trinajstić information content (AvgIpc) is 2.47. The van der Waals surface area contributed by atoms with E-state index in [4.69, 9.17) is 4.74 Å². The number of para-hydroxylation sites is 1. The Bertz CT molecular complexity index is 549. The molecule has 0 aromatic heterocycles. The van der Waals surface area contributed by atoms with E-state index in [2.05, 4.69) is 6.58 Å². The third kappa shape index (κ3) is 4.30. The number of rotatable bonds is 5. The van der Waals surface area contributed by atoms with Crippen LogP contribution in [0.5, 0.6) is 5.75 Å². The molecule has 2 aromatic carbocycles. The van der Waals surface area contributed by atoms with Crippen LogP contribution in [-0.2, 0) is 10.5 Å². The molecule has 0 aliphatic heterocycles. The highest BCUT2D eigenvalue weighted by molar-refractivity contribution is 8.03. The standard InChI is InChI=1S/C16H14O2S/c1-13(19-12-14-8-4-2-5-9-14)16(17)18-15-10-6-3-7-11-15/h2-11H,1,12H2. The van der Waals surface area contributed by atoms with Crippen LogP contribution in [0.15, 0.2) is 72.1 Å². The van der Waals surface area contributed by atoms with Crippen LogP contribution >= 0.6 is 11.8 Å². The SMILES string of the molecule is C=C(SCc1ccccc1)C(=O)Oc1ccccc1. The van der Waals surface area contributed by atoms with E-state index in [0.29, 0.717) is 16.4 Å². The highest BCUT2D eigenvalue weighted by Crippen LogP contribution is 2.22. The Morgan fingerprint density at radius 1 is 1.00 bits per heavy atom. The van der Waals surface area contributed by atoms with E-state index < -0.39 is 5.97 Å². The van der Waals surface area contributed by atoms with Crippen molar-refractivity contribution < 1.29 is 9.53 Å². The van der Waals surface area contributed by atoms with Gasteiger partial charge in [-0.3, -0.25) is 0 Å². The molecule has 0 unspecified atom stereocenters.